The van der Waals surface area contributed by atoms with E-state index >= 15 is 0 Å². The van der Waals surface area contributed by atoms with Gasteiger partial charge in [-0.25, -0.2) is 4.98 Å². The Hall–Kier alpha value is -0.250. The topological polar surface area (TPSA) is 30.0 Å². The molecule has 0 aliphatic carbocycles. The number of nitrogens with zero attached hydrogens (tertiary/aromatic N) is 1. The molecule has 1 aromatic heterocycles. The van der Waals surface area contributed by atoms with E-state index < -0.39 is 5.24 Å². The summed E-state index contributed by atoms with van der Waals surface area (Å²) in [6.07, 6.45) is 0. The molecule has 0 unspecified atom stereocenters. The Bertz CT molecular complexity index is 330. The van der Waals surface area contributed by atoms with E-state index in [1.165, 1.54) is 11.8 Å². The molecule has 5 heteroatoms. The van der Waals surface area contributed by atoms with Crippen LogP contribution in [-0.2, 0) is 0 Å². The predicted octanol–water partition coefficient (Wildman–Crippen LogP) is 3.23. The summed E-state index contributed by atoms with van der Waals surface area (Å²) in [6.45, 7) is 2.00. The molecule has 2 nitrogen and oxygen atoms in total. The Morgan fingerprint density at radius 2 is 2.31 bits per heavy atom. The molecular formula is C8H7Cl2NOS. The first-order valence-electron chi connectivity index (χ1n) is 3.64. The van der Waals surface area contributed by atoms with Crippen LogP contribution in [0.15, 0.2) is 17.2 Å². The van der Waals surface area contributed by atoms with Crippen molar-refractivity contribution in [3.05, 3.63) is 22.8 Å². The van der Waals surface area contributed by atoms with Crippen LogP contribution in [0.25, 0.3) is 0 Å². The predicted molar refractivity (Wildman–Crippen MR) is 55.8 cm³/mol. The Morgan fingerprint density at radius 1 is 1.62 bits per heavy atom. The third-order valence-electron chi connectivity index (χ3n) is 1.30. The highest BCUT2D eigenvalue weighted by Gasteiger charge is 2.10. The van der Waals surface area contributed by atoms with Crippen LogP contribution in [-0.4, -0.2) is 16.0 Å². The summed E-state index contributed by atoms with van der Waals surface area (Å²) in [5.41, 5.74) is 0.127. The number of pyridine rings is 1. The van der Waals surface area contributed by atoms with Gasteiger partial charge in [0, 0.05) is 0 Å². The third-order valence-corrected chi connectivity index (χ3v) is 2.59. The number of rotatable bonds is 3. The molecule has 0 saturated carbocycles. The zero-order valence-electron chi connectivity index (χ0n) is 6.88. The SMILES string of the molecule is CCSc1ccc(Cl)c(C(=O)Cl)n1. The Morgan fingerprint density at radius 3 is 2.85 bits per heavy atom. The molecule has 70 valence electrons. The van der Waals surface area contributed by atoms with Gasteiger partial charge in [-0.1, -0.05) is 18.5 Å². The summed E-state index contributed by atoms with van der Waals surface area (Å²) in [5, 5.41) is 0.430. The number of hydrogen-bond acceptors (Lipinski definition) is 3. The second-order valence-corrected chi connectivity index (χ2v) is 4.22. The second-order valence-electron chi connectivity index (χ2n) is 2.19. The molecule has 0 fully saturated rings. The van der Waals surface area contributed by atoms with E-state index in [1.54, 1.807) is 12.1 Å². The van der Waals surface area contributed by atoms with Crippen molar-refractivity contribution in [3.63, 3.8) is 0 Å². The van der Waals surface area contributed by atoms with E-state index in [2.05, 4.69) is 4.98 Å². The fourth-order valence-corrected chi connectivity index (χ4v) is 1.79. The number of hydrogen-bond donors (Lipinski definition) is 0. The van der Waals surface area contributed by atoms with Gasteiger partial charge in [-0.15, -0.1) is 11.8 Å². The van der Waals surface area contributed by atoms with Gasteiger partial charge in [-0.3, -0.25) is 4.79 Å². The van der Waals surface area contributed by atoms with Crippen LogP contribution in [0.4, 0.5) is 0 Å². The molecule has 0 N–H and O–H groups in total. The van der Waals surface area contributed by atoms with E-state index in [-0.39, 0.29) is 5.69 Å². The van der Waals surface area contributed by atoms with Gasteiger partial charge in [0.15, 0.2) is 0 Å². The standard InChI is InChI=1S/C8H7Cl2NOS/c1-2-13-6-4-3-5(9)7(11-6)8(10)12/h3-4H,2H2,1H3. The molecule has 13 heavy (non-hydrogen) atoms. The summed E-state index contributed by atoms with van der Waals surface area (Å²) < 4.78 is 0. The molecule has 0 spiro atoms. The van der Waals surface area contributed by atoms with E-state index in [0.717, 1.165) is 10.8 Å². The highest BCUT2D eigenvalue weighted by atomic mass is 35.5. The first kappa shape index (κ1) is 10.8. The minimum atomic E-state index is -0.622. The molecule has 1 rings (SSSR count). The summed E-state index contributed by atoms with van der Waals surface area (Å²) in [4.78, 5) is 14.8. The van der Waals surface area contributed by atoms with Crippen molar-refractivity contribution in [2.75, 3.05) is 5.75 Å². The van der Waals surface area contributed by atoms with Gasteiger partial charge in [0.25, 0.3) is 5.24 Å². The van der Waals surface area contributed by atoms with Gasteiger partial charge in [0.2, 0.25) is 0 Å². The molecule has 0 atom stereocenters. The molecule has 1 heterocycles. The van der Waals surface area contributed by atoms with Gasteiger partial charge in [-0.2, -0.15) is 0 Å². The second kappa shape index (κ2) is 4.84. The fourth-order valence-electron chi connectivity index (χ4n) is 0.790. The van der Waals surface area contributed by atoms with Gasteiger partial charge < -0.3 is 0 Å². The normalized spacial score (nSPS) is 10.1. The van der Waals surface area contributed by atoms with Crippen molar-refractivity contribution in [2.24, 2.45) is 0 Å². The fraction of sp³-hybridized carbons (Fsp3) is 0.250. The average molecular weight is 236 g/mol. The number of thioether (sulfide) groups is 1. The molecule has 0 saturated heterocycles. The summed E-state index contributed by atoms with van der Waals surface area (Å²) in [7, 11) is 0. The van der Waals surface area contributed by atoms with Crippen LogP contribution in [0.2, 0.25) is 5.02 Å². The van der Waals surface area contributed by atoms with E-state index in [9.17, 15) is 4.79 Å². The zero-order chi connectivity index (χ0) is 9.84. The molecule has 1 aromatic rings. The molecule has 0 aliphatic rings. The van der Waals surface area contributed by atoms with Crippen molar-refractivity contribution in [3.8, 4) is 0 Å². The number of carbonyl (C=O) groups is 1. The minimum absolute atomic E-state index is 0.127. The maximum absolute atomic E-state index is 10.8. The Balaban J connectivity index is 3.04. The van der Waals surface area contributed by atoms with Gasteiger partial charge >= 0.3 is 0 Å². The first-order valence-corrected chi connectivity index (χ1v) is 5.38. The third kappa shape index (κ3) is 2.86. The lowest BCUT2D eigenvalue weighted by molar-refractivity contribution is 0.107. The first-order chi connectivity index (χ1) is 6.15. The van der Waals surface area contributed by atoms with E-state index in [4.69, 9.17) is 23.2 Å². The van der Waals surface area contributed by atoms with Crippen LogP contribution in [0.1, 0.15) is 17.4 Å². The average Bonchev–Trinajstić information content (AvgIpc) is 2.08. The maximum atomic E-state index is 10.8. The number of halogens is 2. The molecular weight excluding hydrogens is 229 g/mol. The highest BCUT2D eigenvalue weighted by Crippen LogP contribution is 2.21. The highest BCUT2D eigenvalue weighted by molar-refractivity contribution is 7.99. The van der Waals surface area contributed by atoms with Crippen molar-refractivity contribution in [1.29, 1.82) is 0 Å². The van der Waals surface area contributed by atoms with Gasteiger partial charge in [-0.05, 0) is 29.5 Å². The van der Waals surface area contributed by atoms with Gasteiger partial charge in [0.05, 0.1) is 10.0 Å². The van der Waals surface area contributed by atoms with E-state index in [1.807, 2.05) is 6.92 Å². The lowest BCUT2D eigenvalue weighted by atomic mass is 10.4. The Kier molecular flexibility index (Phi) is 4.03. The zero-order valence-corrected chi connectivity index (χ0v) is 9.21. The van der Waals surface area contributed by atoms with Crippen LogP contribution in [0.5, 0.6) is 0 Å². The molecule has 0 radical (unpaired) electrons. The monoisotopic (exact) mass is 235 g/mol. The lowest BCUT2D eigenvalue weighted by Gasteiger charge is -2.00. The van der Waals surface area contributed by atoms with Crippen LogP contribution >= 0.6 is 35.0 Å². The molecule has 0 bridgehead atoms. The maximum Gasteiger partial charge on any atom is 0.272 e. The number of aromatic nitrogens is 1. The quantitative estimate of drug-likeness (QED) is 0.596. The van der Waals surface area contributed by atoms with Crippen molar-refractivity contribution < 1.29 is 4.79 Å². The lowest BCUT2D eigenvalue weighted by Crippen LogP contribution is -1.96. The van der Waals surface area contributed by atoms with Crippen LogP contribution in [0, 0.1) is 0 Å². The van der Waals surface area contributed by atoms with Crippen LogP contribution < -0.4 is 0 Å². The molecule has 0 aromatic carbocycles. The summed E-state index contributed by atoms with van der Waals surface area (Å²) >= 11 is 12.5. The summed E-state index contributed by atoms with van der Waals surface area (Å²) in [5.74, 6) is 0.893. The molecule has 0 amide bonds. The minimum Gasteiger partial charge on any atom is -0.274 e. The Labute approximate surface area is 90.6 Å². The largest absolute Gasteiger partial charge is 0.274 e. The summed E-state index contributed by atoms with van der Waals surface area (Å²) in [6, 6.07) is 3.39. The van der Waals surface area contributed by atoms with Crippen LogP contribution in [0.3, 0.4) is 0 Å². The number of carbonyl (C=O) groups excluding carboxylic acids is 1. The van der Waals surface area contributed by atoms with Crippen molar-refractivity contribution in [2.45, 2.75) is 11.9 Å². The van der Waals surface area contributed by atoms with Crippen molar-refractivity contribution >= 4 is 40.2 Å². The molecule has 0 aliphatic heterocycles. The van der Waals surface area contributed by atoms with Crippen molar-refractivity contribution in [1.82, 2.24) is 4.98 Å². The smallest absolute Gasteiger partial charge is 0.272 e. The van der Waals surface area contributed by atoms with Gasteiger partial charge in [0.1, 0.15) is 5.69 Å². The van der Waals surface area contributed by atoms with E-state index in [0.29, 0.717) is 5.02 Å².